The fraction of sp³-hybridized carbons (Fsp3) is 0.294. The van der Waals surface area contributed by atoms with Crippen LogP contribution in [0.15, 0.2) is 36.4 Å². The van der Waals surface area contributed by atoms with Crippen molar-refractivity contribution in [2.24, 2.45) is 5.73 Å². The van der Waals surface area contributed by atoms with Crippen molar-refractivity contribution in [2.75, 3.05) is 6.54 Å². The van der Waals surface area contributed by atoms with Crippen molar-refractivity contribution in [1.29, 1.82) is 0 Å². The summed E-state index contributed by atoms with van der Waals surface area (Å²) in [6.07, 6.45) is -3.66. The van der Waals surface area contributed by atoms with Gasteiger partial charge >= 0.3 is 6.18 Å². The van der Waals surface area contributed by atoms with Crippen LogP contribution in [0, 0.1) is 5.82 Å². The average Bonchev–Trinajstić information content (AvgIpc) is 2.53. The zero-order valence-electron chi connectivity index (χ0n) is 12.2. The third-order valence-electron chi connectivity index (χ3n) is 3.94. The summed E-state index contributed by atoms with van der Waals surface area (Å²) in [6.45, 7) is 0.261. The van der Waals surface area contributed by atoms with Crippen LogP contribution >= 0.6 is 0 Å². The lowest BCUT2D eigenvalue weighted by Crippen LogP contribution is -2.30. The summed E-state index contributed by atoms with van der Waals surface area (Å²) in [4.78, 5) is 0. The maximum absolute atomic E-state index is 13.9. The van der Waals surface area contributed by atoms with Gasteiger partial charge in [0.15, 0.2) is 0 Å². The van der Waals surface area contributed by atoms with Gasteiger partial charge in [0.05, 0.1) is 5.56 Å². The van der Waals surface area contributed by atoms with Crippen LogP contribution in [0.2, 0.25) is 0 Å². The number of nitrogens with two attached hydrogens (primary N) is 1. The van der Waals surface area contributed by atoms with Gasteiger partial charge in [-0.1, -0.05) is 18.2 Å². The molecule has 2 aromatic rings. The zero-order valence-corrected chi connectivity index (χ0v) is 12.2. The fourth-order valence-electron chi connectivity index (χ4n) is 2.85. The number of alkyl halides is 3. The molecule has 1 aliphatic heterocycles. The Morgan fingerprint density at radius 3 is 2.57 bits per heavy atom. The molecule has 6 heteroatoms. The molecule has 122 valence electrons. The molecule has 1 aliphatic rings. The van der Waals surface area contributed by atoms with E-state index in [1.54, 1.807) is 0 Å². The number of halogens is 4. The molecule has 0 spiro atoms. The van der Waals surface area contributed by atoms with E-state index in [1.165, 1.54) is 24.3 Å². The molecule has 2 nitrogen and oxygen atoms in total. The molecule has 0 unspecified atom stereocenters. The molecule has 2 N–H and O–H groups in total. The third-order valence-corrected chi connectivity index (χ3v) is 3.94. The Bertz CT molecular complexity index is 727. The van der Waals surface area contributed by atoms with Gasteiger partial charge in [0.2, 0.25) is 0 Å². The molecule has 2 aromatic carbocycles. The Labute approximate surface area is 130 Å². The first kappa shape index (κ1) is 15.8. The minimum absolute atomic E-state index is 0.0894. The minimum atomic E-state index is -4.53. The second-order valence-electron chi connectivity index (χ2n) is 5.50. The molecule has 1 atom stereocenters. The molecule has 3 rings (SSSR count). The molecule has 0 amide bonds. The number of ether oxygens (including phenoxy) is 1. The van der Waals surface area contributed by atoms with Crippen LogP contribution in [0.3, 0.4) is 0 Å². The van der Waals surface area contributed by atoms with E-state index in [-0.39, 0.29) is 23.8 Å². The van der Waals surface area contributed by atoms with Crippen LogP contribution in [0.1, 0.15) is 17.5 Å². The fourth-order valence-corrected chi connectivity index (χ4v) is 2.85. The van der Waals surface area contributed by atoms with Crippen molar-refractivity contribution in [1.82, 2.24) is 0 Å². The van der Waals surface area contributed by atoms with Gasteiger partial charge in [-0.3, -0.25) is 0 Å². The van der Waals surface area contributed by atoms with Crippen LogP contribution < -0.4 is 10.5 Å². The van der Waals surface area contributed by atoms with Gasteiger partial charge in [0.1, 0.15) is 17.7 Å². The quantitative estimate of drug-likeness (QED) is 0.841. The monoisotopic (exact) mass is 325 g/mol. The molecule has 0 aliphatic carbocycles. The van der Waals surface area contributed by atoms with Gasteiger partial charge in [0.25, 0.3) is 0 Å². The molecular weight excluding hydrogens is 310 g/mol. The molecule has 23 heavy (non-hydrogen) atoms. The summed E-state index contributed by atoms with van der Waals surface area (Å²) in [5, 5.41) is 0. The van der Waals surface area contributed by atoms with E-state index in [2.05, 4.69) is 0 Å². The smallest absolute Gasteiger partial charge is 0.417 e. The SMILES string of the molecule is NC[C@H]1CCc2cc(F)cc(-c3ccccc3C(F)(F)F)c2O1. The Morgan fingerprint density at radius 2 is 1.87 bits per heavy atom. The van der Waals surface area contributed by atoms with E-state index < -0.39 is 17.6 Å². The predicted octanol–water partition coefficient (Wildman–Crippen LogP) is 4.16. The van der Waals surface area contributed by atoms with Crippen molar-refractivity contribution in [2.45, 2.75) is 25.1 Å². The highest BCUT2D eigenvalue weighted by molar-refractivity contribution is 5.76. The summed E-state index contributed by atoms with van der Waals surface area (Å²) in [6, 6.07) is 7.50. The van der Waals surface area contributed by atoms with E-state index in [0.29, 0.717) is 24.2 Å². The Hall–Kier alpha value is -2.08. The van der Waals surface area contributed by atoms with Crippen LogP contribution in [-0.4, -0.2) is 12.6 Å². The first-order valence-electron chi connectivity index (χ1n) is 7.26. The van der Waals surface area contributed by atoms with Crippen LogP contribution in [0.25, 0.3) is 11.1 Å². The zero-order chi connectivity index (χ0) is 16.6. The van der Waals surface area contributed by atoms with Crippen molar-refractivity contribution in [3.8, 4) is 16.9 Å². The number of fused-ring (bicyclic) bond motifs is 1. The molecule has 0 saturated carbocycles. The Balaban J connectivity index is 2.20. The lowest BCUT2D eigenvalue weighted by molar-refractivity contribution is -0.137. The normalized spacial score (nSPS) is 17.5. The van der Waals surface area contributed by atoms with Gasteiger partial charge in [-0.15, -0.1) is 0 Å². The van der Waals surface area contributed by atoms with Gasteiger partial charge in [-0.05, 0) is 42.2 Å². The standard InChI is InChI=1S/C17H15F4NO/c18-11-7-10-5-6-12(9-22)23-16(10)14(8-11)13-3-1-2-4-15(13)17(19,20)21/h1-4,7-8,12H,5-6,9,22H2/t12-/m1/s1. The van der Waals surface area contributed by atoms with Gasteiger partial charge in [-0.2, -0.15) is 13.2 Å². The molecule has 0 bridgehead atoms. The summed E-state index contributed by atoms with van der Waals surface area (Å²) < 4.78 is 59.4. The third kappa shape index (κ3) is 3.03. The average molecular weight is 325 g/mol. The second kappa shape index (κ2) is 5.85. The highest BCUT2D eigenvalue weighted by atomic mass is 19.4. The number of benzene rings is 2. The predicted molar refractivity (Wildman–Crippen MR) is 78.6 cm³/mol. The number of hydrogen-bond donors (Lipinski definition) is 1. The summed E-state index contributed by atoms with van der Waals surface area (Å²) in [7, 11) is 0. The molecule has 0 fully saturated rings. The molecule has 0 aromatic heterocycles. The second-order valence-corrected chi connectivity index (χ2v) is 5.50. The molecule has 1 heterocycles. The molecular formula is C17H15F4NO. The maximum atomic E-state index is 13.9. The van der Waals surface area contributed by atoms with E-state index in [1.807, 2.05) is 0 Å². The summed E-state index contributed by atoms with van der Waals surface area (Å²) >= 11 is 0. The van der Waals surface area contributed by atoms with Crippen LogP contribution in [0.5, 0.6) is 5.75 Å². The highest BCUT2D eigenvalue weighted by Gasteiger charge is 2.35. The van der Waals surface area contributed by atoms with Gasteiger partial charge in [0, 0.05) is 12.1 Å². The molecule has 0 radical (unpaired) electrons. The highest BCUT2D eigenvalue weighted by Crippen LogP contribution is 2.43. The molecule has 0 saturated heterocycles. The van der Waals surface area contributed by atoms with Gasteiger partial charge < -0.3 is 10.5 Å². The largest absolute Gasteiger partial charge is 0.488 e. The maximum Gasteiger partial charge on any atom is 0.417 e. The lowest BCUT2D eigenvalue weighted by atomic mass is 9.93. The first-order valence-corrected chi connectivity index (χ1v) is 7.26. The van der Waals surface area contributed by atoms with Crippen LogP contribution in [-0.2, 0) is 12.6 Å². The number of aryl methyl sites for hydroxylation is 1. The summed E-state index contributed by atoms with van der Waals surface area (Å²) in [5.74, 6) is -0.282. The lowest BCUT2D eigenvalue weighted by Gasteiger charge is -2.28. The number of rotatable bonds is 2. The topological polar surface area (TPSA) is 35.2 Å². The van der Waals surface area contributed by atoms with Gasteiger partial charge in [-0.25, -0.2) is 4.39 Å². The van der Waals surface area contributed by atoms with Crippen molar-refractivity contribution in [3.63, 3.8) is 0 Å². The van der Waals surface area contributed by atoms with Crippen LogP contribution in [0.4, 0.5) is 17.6 Å². The number of hydrogen-bond acceptors (Lipinski definition) is 2. The van der Waals surface area contributed by atoms with Crippen molar-refractivity contribution in [3.05, 3.63) is 53.3 Å². The van der Waals surface area contributed by atoms with Crippen molar-refractivity contribution < 1.29 is 22.3 Å². The first-order chi connectivity index (χ1) is 10.9. The van der Waals surface area contributed by atoms with E-state index >= 15 is 0 Å². The minimum Gasteiger partial charge on any atom is -0.488 e. The van der Waals surface area contributed by atoms with Crippen molar-refractivity contribution >= 4 is 0 Å². The Kier molecular flexibility index (Phi) is 4.02. The van der Waals surface area contributed by atoms with E-state index in [0.717, 1.165) is 12.1 Å². The summed E-state index contributed by atoms with van der Waals surface area (Å²) in [5.41, 5.74) is 5.38. The van der Waals surface area contributed by atoms with E-state index in [9.17, 15) is 17.6 Å². The van der Waals surface area contributed by atoms with E-state index in [4.69, 9.17) is 10.5 Å². The Morgan fingerprint density at radius 1 is 1.13 bits per heavy atom.